The Hall–Kier alpha value is -1.61. The molecule has 3 heteroatoms. The van der Waals surface area contributed by atoms with Gasteiger partial charge in [-0.05, 0) is 12.1 Å². The number of anilines is 1. The first-order valence-corrected chi connectivity index (χ1v) is 5.39. The Bertz CT molecular complexity index is 512. The third kappa shape index (κ3) is 1.86. The van der Waals surface area contributed by atoms with Crippen molar-refractivity contribution < 1.29 is 0 Å². The molecule has 0 spiro atoms. The van der Waals surface area contributed by atoms with Gasteiger partial charge in [0.25, 0.3) is 0 Å². The van der Waals surface area contributed by atoms with Crippen LogP contribution < -0.4 is 11.3 Å². The molecule has 0 fully saturated rings. The van der Waals surface area contributed by atoms with Crippen molar-refractivity contribution in [3.8, 4) is 0 Å². The van der Waals surface area contributed by atoms with Crippen LogP contribution in [0.15, 0.2) is 30.3 Å². The van der Waals surface area contributed by atoms with Crippen LogP contribution in [0.25, 0.3) is 10.9 Å². The minimum Gasteiger partial charge on any atom is -0.322 e. The molecule has 84 valence electrons. The maximum atomic E-state index is 5.55. The third-order valence-electron chi connectivity index (χ3n) is 2.59. The maximum Gasteiger partial charge on any atom is 0.0713 e. The minimum atomic E-state index is -0.0221. The average Bonchev–Trinajstić information content (AvgIpc) is 2.26. The summed E-state index contributed by atoms with van der Waals surface area (Å²) in [5.41, 5.74) is 5.60. The molecule has 2 aromatic rings. The van der Waals surface area contributed by atoms with E-state index in [9.17, 15) is 0 Å². The van der Waals surface area contributed by atoms with Gasteiger partial charge in [0.1, 0.15) is 0 Å². The molecule has 1 aromatic carbocycles. The fraction of sp³-hybridized carbons (Fsp3) is 0.308. The minimum absolute atomic E-state index is 0.0221. The Balaban J connectivity index is 2.73. The number of para-hydroxylation sites is 1. The van der Waals surface area contributed by atoms with Crippen LogP contribution in [0, 0.1) is 0 Å². The van der Waals surface area contributed by atoms with Gasteiger partial charge in [0, 0.05) is 10.8 Å². The molecule has 1 aromatic heterocycles. The maximum absolute atomic E-state index is 5.55. The van der Waals surface area contributed by atoms with E-state index in [1.807, 2.05) is 30.3 Å². The first-order valence-electron chi connectivity index (χ1n) is 5.39. The van der Waals surface area contributed by atoms with Crippen LogP contribution >= 0.6 is 0 Å². The zero-order chi connectivity index (χ0) is 11.8. The summed E-state index contributed by atoms with van der Waals surface area (Å²) in [6.07, 6.45) is 0. The molecule has 0 aliphatic carbocycles. The number of nitrogens with one attached hydrogen (secondary N) is 1. The number of pyridine rings is 1. The van der Waals surface area contributed by atoms with Crippen molar-refractivity contribution in [1.82, 2.24) is 4.98 Å². The van der Waals surface area contributed by atoms with E-state index in [1.165, 1.54) is 0 Å². The average molecular weight is 215 g/mol. The molecule has 3 nitrogen and oxygen atoms in total. The molecule has 0 unspecified atom stereocenters. The highest BCUT2D eigenvalue weighted by molar-refractivity contribution is 5.82. The molecule has 0 aliphatic heterocycles. The summed E-state index contributed by atoms with van der Waals surface area (Å²) in [5.74, 6) is 5.55. The number of hydrogen-bond acceptors (Lipinski definition) is 3. The standard InChI is InChI=1S/C13H17N3/c1-13(2,3)12-11(16-14)8-9-6-4-5-7-10(9)15-12/h4-8,16H,14H2,1-3H3. The van der Waals surface area contributed by atoms with Gasteiger partial charge in [0.2, 0.25) is 0 Å². The van der Waals surface area contributed by atoms with E-state index in [-0.39, 0.29) is 5.41 Å². The van der Waals surface area contributed by atoms with E-state index < -0.39 is 0 Å². The Morgan fingerprint density at radius 2 is 1.88 bits per heavy atom. The predicted molar refractivity (Wildman–Crippen MR) is 68.3 cm³/mol. The smallest absolute Gasteiger partial charge is 0.0713 e. The van der Waals surface area contributed by atoms with Gasteiger partial charge in [-0.1, -0.05) is 39.0 Å². The van der Waals surface area contributed by atoms with Crippen LogP contribution in [0.2, 0.25) is 0 Å². The Labute approximate surface area is 95.7 Å². The summed E-state index contributed by atoms with van der Waals surface area (Å²) >= 11 is 0. The predicted octanol–water partition coefficient (Wildman–Crippen LogP) is 2.82. The summed E-state index contributed by atoms with van der Waals surface area (Å²) in [6.45, 7) is 6.39. The number of fused-ring (bicyclic) bond motifs is 1. The van der Waals surface area contributed by atoms with Crippen LogP contribution in [-0.2, 0) is 5.41 Å². The summed E-state index contributed by atoms with van der Waals surface area (Å²) < 4.78 is 0. The molecule has 2 rings (SSSR count). The first-order chi connectivity index (χ1) is 7.52. The molecule has 3 N–H and O–H groups in total. The van der Waals surface area contributed by atoms with Gasteiger partial charge >= 0.3 is 0 Å². The number of hydrazine groups is 1. The lowest BCUT2D eigenvalue weighted by molar-refractivity contribution is 0.573. The normalized spacial score (nSPS) is 11.8. The van der Waals surface area contributed by atoms with E-state index >= 15 is 0 Å². The summed E-state index contributed by atoms with van der Waals surface area (Å²) in [5, 5.41) is 1.10. The van der Waals surface area contributed by atoms with Crippen LogP contribution in [-0.4, -0.2) is 4.98 Å². The number of nitrogens with zero attached hydrogens (tertiary/aromatic N) is 1. The van der Waals surface area contributed by atoms with Gasteiger partial charge in [-0.3, -0.25) is 10.8 Å². The molecular formula is C13H17N3. The van der Waals surface area contributed by atoms with Gasteiger partial charge in [0.15, 0.2) is 0 Å². The SMILES string of the molecule is CC(C)(C)c1nc2ccccc2cc1NN. The van der Waals surface area contributed by atoms with Crippen molar-refractivity contribution in [3.05, 3.63) is 36.0 Å². The van der Waals surface area contributed by atoms with E-state index in [0.29, 0.717) is 0 Å². The van der Waals surface area contributed by atoms with Crippen LogP contribution in [0.5, 0.6) is 0 Å². The molecule has 0 atom stereocenters. The van der Waals surface area contributed by atoms with Crippen molar-refractivity contribution in [2.75, 3.05) is 5.43 Å². The quantitative estimate of drug-likeness (QED) is 0.568. The summed E-state index contributed by atoms with van der Waals surface area (Å²) in [7, 11) is 0. The van der Waals surface area contributed by atoms with Crippen molar-refractivity contribution in [1.29, 1.82) is 0 Å². The molecular weight excluding hydrogens is 198 g/mol. The van der Waals surface area contributed by atoms with Gasteiger partial charge in [0.05, 0.1) is 16.9 Å². The third-order valence-corrected chi connectivity index (χ3v) is 2.59. The van der Waals surface area contributed by atoms with E-state index in [0.717, 1.165) is 22.3 Å². The second-order valence-electron chi connectivity index (χ2n) is 4.97. The largest absolute Gasteiger partial charge is 0.322 e. The second-order valence-corrected chi connectivity index (χ2v) is 4.97. The van der Waals surface area contributed by atoms with E-state index in [2.05, 4.69) is 31.2 Å². The number of nitrogens with two attached hydrogens (primary N) is 1. The number of rotatable bonds is 1. The van der Waals surface area contributed by atoms with E-state index in [1.54, 1.807) is 0 Å². The second kappa shape index (κ2) is 3.76. The van der Waals surface area contributed by atoms with Crippen molar-refractivity contribution >= 4 is 16.6 Å². The van der Waals surface area contributed by atoms with Crippen LogP contribution in [0.4, 0.5) is 5.69 Å². The fourth-order valence-electron chi connectivity index (χ4n) is 1.80. The van der Waals surface area contributed by atoms with Gasteiger partial charge in [-0.15, -0.1) is 0 Å². The number of benzene rings is 1. The molecule has 0 radical (unpaired) electrons. The highest BCUT2D eigenvalue weighted by Crippen LogP contribution is 2.29. The highest BCUT2D eigenvalue weighted by Gasteiger charge is 2.20. The van der Waals surface area contributed by atoms with Crippen LogP contribution in [0.1, 0.15) is 26.5 Å². The molecule has 0 saturated carbocycles. The molecule has 0 bridgehead atoms. The first kappa shape index (κ1) is 10.9. The number of hydrogen-bond donors (Lipinski definition) is 2. The van der Waals surface area contributed by atoms with Crippen LogP contribution in [0.3, 0.4) is 0 Å². The van der Waals surface area contributed by atoms with E-state index in [4.69, 9.17) is 5.84 Å². The topological polar surface area (TPSA) is 50.9 Å². The molecule has 16 heavy (non-hydrogen) atoms. The molecule has 0 amide bonds. The molecule has 1 heterocycles. The zero-order valence-electron chi connectivity index (χ0n) is 9.91. The van der Waals surface area contributed by atoms with Gasteiger partial charge < -0.3 is 5.43 Å². The van der Waals surface area contributed by atoms with Crippen molar-refractivity contribution in [2.45, 2.75) is 26.2 Å². The fourth-order valence-corrected chi connectivity index (χ4v) is 1.80. The monoisotopic (exact) mass is 215 g/mol. The Morgan fingerprint density at radius 1 is 1.19 bits per heavy atom. The van der Waals surface area contributed by atoms with Crippen molar-refractivity contribution in [2.24, 2.45) is 5.84 Å². The Kier molecular flexibility index (Phi) is 2.56. The molecule has 0 aliphatic rings. The number of nitrogen functional groups attached to an aromatic ring is 1. The Morgan fingerprint density at radius 3 is 2.50 bits per heavy atom. The van der Waals surface area contributed by atoms with Gasteiger partial charge in [-0.25, -0.2) is 0 Å². The van der Waals surface area contributed by atoms with Crippen molar-refractivity contribution in [3.63, 3.8) is 0 Å². The lowest BCUT2D eigenvalue weighted by atomic mass is 9.90. The summed E-state index contributed by atoms with van der Waals surface area (Å²) in [4.78, 5) is 4.67. The highest BCUT2D eigenvalue weighted by atomic mass is 15.2. The lowest BCUT2D eigenvalue weighted by Crippen LogP contribution is -2.19. The molecule has 0 saturated heterocycles. The lowest BCUT2D eigenvalue weighted by Gasteiger charge is -2.21. The number of aromatic nitrogens is 1. The summed E-state index contributed by atoms with van der Waals surface area (Å²) in [6, 6.07) is 10.1. The van der Waals surface area contributed by atoms with Gasteiger partial charge in [-0.2, -0.15) is 0 Å². The zero-order valence-corrected chi connectivity index (χ0v) is 9.91.